The Kier molecular flexibility index (Phi) is 2.42. The van der Waals surface area contributed by atoms with Crippen LogP contribution in [0.4, 0.5) is 0 Å². The minimum absolute atomic E-state index is 0.422. The maximum absolute atomic E-state index is 9.98. The second kappa shape index (κ2) is 3.16. The van der Waals surface area contributed by atoms with Crippen molar-refractivity contribution in [2.45, 2.75) is 20.8 Å². The number of hydrogen-bond acceptors (Lipinski definition) is 2. The van der Waals surface area contributed by atoms with Crippen molar-refractivity contribution in [3.63, 3.8) is 0 Å². The summed E-state index contributed by atoms with van der Waals surface area (Å²) < 4.78 is 0. The molecule has 1 aliphatic rings. The van der Waals surface area contributed by atoms with Crippen LogP contribution in [-0.4, -0.2) is 6.54 Å². The lowest BCUT2D eigenvalue weighted by Crippen LogP contribution is -2.28. The Hall–Kier alpha value is -0.660. The lowest BCUT2D eigenvalue weighted by atomic mass is 9.70. The maximum atomic E-state index is 9.98. The molecular formula is C9H15NO. The van der Waals surface area contributed by atoms with Gasteiger partial charge in [-0.25, -0.2) is 0 Å². The first-order valence-electron chi connectivity index (χ1n) is 4.14. The van der Waals surface area contributed by atoms with Crippen LogP contribution in [0.1, 0.15) is 20.8 Å². The fourth-order valence-corrected chi connectivity index (χ4v) is 1.68. The van der Waals surface area contributed by atoms with Gasteiger partial charge in [0.2, 0.25) is 0 Å². The molecule has 62 valence electrons. The van der Waals surface area contributed by atoms with Gasteiger partial charge in [0.15, 0.2) is 0 Å². The van der Waals surface area contributed by atoms with Gasteiger partial charge in [0, 0.05) is 0 Å². The van der Waals surface area contributed by atoms with Crippen molar-refractivity contribution >= 4 is 0 Å². The van der Waals surface area contributed by atoms with Gasteiger partial charge in [-0.1, -0.05) is 30.7 Å². The SMILES string of the molecule is CC1=CC(C(C)CN=O)C1C. The fraction of sp³-hybridized carbons (Fsp3) is 0.778. The highest BCUT2D eigenvalue weighted by Crippen LogP contribution is 2.37. The Bertz CT molecular complexity index is 186. The molecule has 1 rings (SSSR count). The second-order valence-electron chi connectivity index (χ2n) is 3.57. The van der Waals surface area contributed by atoms with E-state index in [1.807, 2.05) is 0 Å². The molecule has 0 fully saturated rings. The van der Waals surface area contributed by atoms with E-state index in [9.17, 15) is 4.91 Å². The van der Waals surface area contributed by atoms with Crippen molar-refractivity contribution in [1.82, 2.24) is 0 Å². The molecule has 0 bridgehead atoms. The molecule has 3 unspecified atom stereocenters. The van der Waals surface area contributed by atoms with Crippen LogP contribution in [0.2, 0.25) is 0 Å². The predicted molar refractivity (Wildman–Crippen MR) is 46.2 cm³/mol. The number of nitroso groups, excluding NO2 is 1. The minimum Gasteiger partial charge on any atom is -0.151 e. The summed E-state index contributed by atoms with van der Waals surface area (Å²) in [6.07, 6.45) is 2.25. The van der Waals surface area contributed by atoms with E-state index in [1.54, 1.807) is 0 Å². The van der Waals surface area contributed by atoms with E-state index in [1.165, 1.54) is 5.57 Å². The van der Waals surface area contributed by atoms with Crippen molar-refractivity contribution in [1.29, 1.82) is 0 Å². The van der Waals surface area contributed by atoms with E-state index in [4.69, 9.17) is 0 Å². The average Bonchev–Trinajstić information content (AvgIpc) is 1.99. The third-order valence-corrected chi connectivity index (χ3v) is 2.77. The van der Waals surface area contributed by atoms with Crippen molar-refractivity contribution in [3.8, 4) is 0 Å². The zero-order chi connectivity index (χ0) is 8.43. The molecule has 0 saturated heterocycles. The Morgan fingerprint density at radius 3 is 2.73 bits per heavy atom. The van der Waals surface area contributed by atoms with Crippen LogP contribution in [0.5, 0.6) is 0 Å². The summed E-state index contributed by atoms with van der Waals surface area (Å²) >= 11 is 0. The van der Waals surface area contributed by atoms with Crippen LogP contribution in [0, 0.1) is 22.7 Å². The smallest absolute Gasteiger partial charge is 0.0842 e. The van der Waals surface area contributed by atoms with Gasteiger partial charge in [-0.15, -0.1) is 0 Å². The summed E-state index contributed by atoms with van der Waals surface area (Å²) in [6.45, 7) is 6.90. The molecular weight excluding hydrogens is 138 g/mol. The first kappa shape index (κ1) is 8.44. The van der Waals surface area contributed by atoms with Crippen LogP contribution >= 0.6 is 0 Å². The van der Waals surface area contributed by atoms with E-state index >= 15 is 0 Å². The van der Waals surface area contributed by atoms with Crippen LogP contribution in [0.3, 0.4) is 0 Å². The third kappa shape index (κ3) is 1.50. The Morgan fingerprint density at radius 1 is 1.73 bits per heavy atom. The monoisotopic (exact) mass is 153 g/mol. The first-order chi connectivity index (χ1) is 5.16. The van der Waals surface area contributed by atoms with Crippen molar-refractivity contribution in [3.05, 3.63) is 16.6 Å². The highest BCUT2D eigenvalue weighted by molar-refractivity contribution is 5.19. The fourth-order valence-electron chi connectivity index (χ4n) is 1.68. The molecule has 1 aliphatic carbocycles. The molecule has 0 N–H and O–H groups in total. The molecule has 0 saturated carbocycles. The zero-order valence-corrected chi connectivity index (χ0v) is 7.37. The Labute approximate surface area is 67.7 Å². The summed E-state index contributed by atoms with van der Waals surface area (Å²) in [6, 6.07) is 0. The number of rotatable bonds is 3. The van der Waals surface area contributed by atoms with Gasteiger partial charge in [0.05, 0.1) is 6.54 Å². The van der Waals surface area contributed by atoms with E-state index < -0.39 is 0 Å². The topological polar surface area (TPSA) is 29.4 Å². The standard InChI is InChI=1S/C9H15NO/c1-6-4-9(8(6)3)7(2)5-10-11/h4,7-9H,5H2,1-3H3. The summed E-state index contributed by atoms with van der Waals surface area (Å²) in [4.78, 5) is 9.98. The average molecular weight is 153 g/mol. The third-order valence-electron chi connectivity index (χ3n) is 2.77. The van der Waals surface area contributed by atoms with Gasteiger partial charge < -0.3 is 0 Å². The van der Waals surface area contributed by atoms with E-state index in [-0.39, 0.29) is 0 Å². The van der Waals surface area contributed by atoms with Gasteiger partial charge in [-0.2, -0.15) is 4.91 Å². The van der Waals surface area contributed by atoms with Gasteiger partial charge in [-0.05, 0) is 24.7 Å². The molecule has 3 atom stereocenters. The number of hydrogen-bond donors (Lipinski definition) is 0. The molecule has 0 amide bonds. The lowest BCUT2D eigenvalue weighted by Gasteiger charge is -2.35. The lowest BCUT2D eigenvalue weighted by molar-refractivity contribution is 0.312. The zero-order valence-electron chi connectivity index (χ0n) is 7.37. The largest absolute Gasteiger partial charge is 0.151 e. The van der Waals surface area contributed by atoms with Gasteiger partial charge >= 0.3 is 0 Å². The Morgan fingerprint density at radius 2 is 2.36 bits per heavy atom. The molecule has 0 aromatic heterocycles. The molecule has 0 aromatic rings. The minimum atomic E-state index is 0.422. The summed E-state index contributed by atoms with van der Waals surface area (Å²) in [5, 5.41) is 2.92. The number of nitrogens with zero attached hydrogens (tertiary/aromatic N) is 1. The Balaban J connectivity index is 2.45. The van der Waals surface area contributed by atoms with E-state index in [0.717, 1.165) is 0 Å². The molecule has 0 aliphatic heterocycles. The highest BCUT2D eigenvalue weighted by atomic mass is 16.3. The van der Waals surface area contributed by atoms with Crippen LogP contribution in [0.25, 0.3) is 0 Å². The summed E-state index contributed by atoms with van der Waals surface area (Å²) in [7, 11) is 0. The molecule has 11 heavy (non-hydrogen) atoms. The van der Waals surface area contributed by atoms with Gasteiger partial charge in [-0.3, -0.25) is 0 Å². The molecule has 0 heterocycles. The summed E-state index contributed by atoms with van der Waals surface area (Å²) in [5.41, 5.74) is 1.45. The van der Waals surface area contributed by atoms with Gasteiger partial charge in [0.1, 0.15) is 0 Å². The van der Waals surface area contributed by atoms with E-state index in [2.05, 4.69) is 32.0 Å². The van der Waals surface area contributed by atoms with Crippen molar-refractivity contribution < 1.29 is 0 Å². The van der Waals surface area contributed by atoms with Crippen LogP contribution in [-0.2, 0) is 0 Å². The molecule has 0 radical (unpaired) electrons. The van der Waals surface area contributed by atoms with E-state index in [0.29, 0.717) is 24.3 Å². The molecule has 2 heteroatoms. The second-order valence-corrected chi connectivity index (χ2v) is 3.57. The normalized spacial score (nSPS) is 32.1. The first-order valence-corrected chi connectivity index (χ1v) is 4.14. The van der Waals surface area contributed by atoms with Gasteiger partial charge in [0.25, 0.3) is 0 Å². The maximum Gasteiger partial charge on any atom is 0.0842 e. The molecule has 0 aromatic carbocycles. The van der Waals surface area contributed by atoms with Crippen LogP contribution < -0.4 is 0 Å². The summed E-state index contributed by atoms with van der Waals surface area (Å²) in [5.74, 6) is 1.67. The molecule has 0 spiro atoms. The highest BCUT2D eigenvalue weighted by Gasteiger charge is 2.29. The van der Waals surface area contributed by atoms with Crippen LogP contribution in [0.15, 0.2) is 16.8 Å². The van der Waals surface area contributed by atoms with Crippen molar-refractivity contribution in [2.75, 3.05) is 6.54 Å². The quantitative estimate of drug-likeness (QED) is 0.452. The predicted octanol–water partition coefficient (Wildman–Crippen LogP) is 2.60. The van der Waals surface area contributed by atoms with Crippen molar-refractivity contribution in [2.24, 2.45) is 22.9 Å². The molecule has 2 nitrogen and oxygen atoms in total. The number of allylic oxidation sites excluding steroid dienone is 2.